The highest BCUT2D eigenvalue weighted by atomic mass is 16.5. The Kier molecular flexibility index (Phi) is 2.39. The van der Waals surface area contributed by atoms with Crippen LogP contribution in [0.4, 0.5) is 5.69 Å². The standard InChI is InChI=1S/C7H10N2O/c1-8-9(10)7-5-3-2-4-6-7/h2-6,8-9H,1H3. The van der Waals surface area contributed by atoms with Crippen LogP contribution in [-0.4, -0.2) is 7.05 Å². The zero-order valence-electron chi connectivity index (χ0n) is 5.79. The van der Waals surface area contributed by atoms with E-state index < -0.39 is 0 Å². The fraction of sp³-hybridized carbons (Fsp3) is 0.143. The number of hydrogen-bond donors (Lipinski definition) is 2. The molecule has 0 aliphatic rings. The normalized spacial score (nSPS) is 13.0. The lowest BCUT2D eigenvalue weighted by Crippen LogP contribution is -3.08. The monoisotopic (exact) mass is 138 g/mol. The third-order valence-corrected chi connectivity index (χ3v) is 1.26. The second-order valence-corrected chi connectivity index (χ2v) is 1.95. The summed E-state index contributed by atoms with van der Waals surface area (Å²) in [5.74, 6) is 0. The second kappa shape index (κ2) is 3.31. The van der Waals surface area contributed by atoms with Crippen LogP contribution in [0.1, 0.15) is 0 Å². The summed E-state index contributed by atoms with van der Waals surface area (Å²) in [6, 6.07) is 9.11. The minimum Gasteiger partial charge on any atom is -0.608 e. The highest BCUT2D eigenvalue weighted by Gasteiger charge is 1.94. The lowest BCUT2D eigenvalue weighted by Gasteiger charge is -2.18. The van der Waals surface area contributed by atoms with Crippen molar-refractivity contribution in [2.75, 3.05) is 7.05 Å². The number of quaternary nitrogens is 1. The van der Waals surface area contributed by atoms with E-state index in [0.29, 0.717) is 5.69 Å². The van der Waals surface area contributed by atoms with Gasteiger partial charge in [-0.05, 0) is 0 Å². The van der Waals surface area contributed by atoms with Crippen LogP contribution in [0.5, 0.6) is 0 Å². The van der Waals surface area contributed by atoms with E-state index >= 15 is 0 Å². The van der Waals surface area contributed by atoms with Crippen LogP contribution in [0.2, 0.25) is 0 Å². The summed E-state index contributed by atoms with van der Waals surface area (Å²) in [5, 5.41) is 10.9. The molecule has 0 spiro atoms. The smallest absolute Gasteiger partial charge is 0.150 e. The molecule has 0 radical (unpaired) electrons. The van der Waals surface area contributed by atoms with Crippen molar-refractivity contribution in [1.82, 2.24) is 5.43 Å². The lowest BCUT2D eigenvalue weighted by molar-refractivity contribution is -0.825. The zero-order valence-corrected chi connectivity index (χ0v) is 5.79. The average Bonchev–Trinajstić information content (AvgIpc) is 2.05. The van der Waals surface area contributed by atoms with Gasteiger partial charge < -0.3 is 5.21 Å². The van der Waals surface area contributed by atoms with Gasteiger partial charge in [-0.1, -0.05) is 18.2 Å². The molecule has 0 aromatic heterocycles. The molecule has 1 aromatic rings. The van der Waals surface area contributed by atoms with Gasteiger partial charge in [0.25, 0.3) is 0 Å². The number of benzene rings is 1. The van der Waals surface area contributed by atoms with Crippen LogP contribution in [0.25, 0.3) is 0 Å². The maximum atomic E-state index is 10.9. The second-order valence-electron chi connectivity index (χ2n) is 1.95. The molecule has 3 heteroatoms. The Morgan fingerprint density at radius 2 is 1.90 bits per heavy atom. The number of para-hydroxylation sites is 1. The highest BCUT2D eigenvalue weighted by Crippen LogP contribution is 1.96. The van der Waals surface area contributed by atoms with Crippen molar-refractivity contribution in [3.05, 3.63) is 35.5 Å². The SMILES string of the molecule is CN[NH+]([O-])c1ccccc1. The van der Waals surface area contributed by atoms with E-state index in [9.17, 15) is 5.21 Å². The topological polar surface area (TPSA) is 39.5 Å². The molecule has 0 aliphatic heterocycles. The van der Waals surface area contributed by atoms with Gasteiger partial charge in [0.2, 0.25) is 0 Å². The largest absolute Gasteiger partial charge is 0.608 e. The van der Waals surface area contributed by atoms with E-state index in [-0.39, 0.29) is 5.17 Å². The van der Waals surface area contributed by atoms with Crippen molar-refractivity contribution >= 4 is 5.69 Å². The molecule has 2 N–H and O–H groups in total. The lowest BCUT2D eigenvalue weighted by atomic mass is 10.3. The van der Waals surface area contributed by atoms with E-state index in [1.807, 2.05) is 18.2 Å². The van der Waals surface area contributed by atoms with Crippen molar-refractivity contribution in [2.45, 2.75) is 0 Å². The van der Waals surface area contributed by atoms with Gasteiger partial charge in [-0.25, -0.2) is 0 Å². The molecule has 1 aromatic carbocycles. The first-order valence-corrected chi connectivity index (χ1v) is 3.11. The zero-order chi connectivity index (χ0) is 7.40. The molecule has 0 fully saturated rings. The van der Waals surface area contributed by atoms with Gasteiger partial charge in [0, 0.05) is 19.2 Å². The molecule has 10 heavy (non-hydrogen) atoms. The molecule has 0 heterocycles. The molecule has 0 saturated heterocycles. The van der Waals surface area contributed by atoms with Crippen LogP contribution < -0.4 is 10.6 Å². The summed E-state index contributed by atoms with van der Waals surface area (Å²) in [4.78, 5) is 0. The van der Waals surface area contributed by atoms with E-state index in [1.165, 1.54) is 0 Å². The molecular weight excluding hydrogens is 128 g/mol. The Balaban J connectivity index is 2.75. The Morgan fingerprint density at radius 3 is 2.40 bits per heavy atom. The molecule has 3 nitrogen and oxygen atoms in total. The molecule has 0 amide bonds. The van der Waals surface area contributed by atoms with E-state index in [1.54, 1.807) is 19.2 Å². The average molecular weight is 138 g/mol. The third-order valence-electron chi connectivity index (χ3n) is 1.26. The van der Waals surface area contributed by atoms with E-state index in [2.05, 4.69) is 5.43 Å². The summed E-state index contributed by atoms with van der Waals surface area (Å²) < 4.78 is 0. The van der Waals surface area contributed by atoms with Crippen LogP contribution in [0.3, 0.4) is 0 Å². The van der Waals surface area contributed by atoms with Crippen molar-refractivity contribution in [2.24, 2.45) is 0 Å². The Hall–Kier alpha value is -0.900. The van der Waals surface area contributed by atoms with Gasteiger partial charge in [-0.2, -0.15) is 5.43 Å². The molecule has 0 bridgehead atoms. The Morgan fingerprint density at radius 1 is 1.30 bits per heavy atom. The minimum atomic E-state index is -0.0411. The van der Waals surface area contributed by atoms with Crippen molar-refractivity contribution in [3.8, 4) is 0 Å². The molecule has 54 valence electrons. The molecule has 1 rings (SSSR count). The van der Waals surface area contributed by atoms with Gasteiger partial charge in [-0.15, -0.1) is 0 Å². The van der Waals surface area contributed by atoms with Gasteiger partial charge >= 0.3 is 0 Å². The summed E-state index contributed by atoms with van der Waals surface area (Å²) in [6.07, 6.45) is 0. The van der Waals surface area contributed by atoms with Gasteiger partial charge in [0.05, 0.1) is 0 Å². The molecule has 1 unspecified atom stereocenters. The van der Waals surface area contributed by atoms with Gasteiger partial charge in [0.15, 0.2) is 5.69 Å². The van der Waals surface area contributed by atoms with Crippen LogP contribution in [0, 0.1) is 5.21 Å². The third kappa shape index (κ3) is 1.54. The van der Waals surface area contributed by atoms with Crippen molar-refractivity contribution in [1.29, 1.82) is 0 Å². The predicted octanol–water partition coefficient (Wildman–Crippen LogP) is -0.165. The van der Waals surface area contributed by atoms with Crippen molar-refractivity contribution < 1.29 is 5.17 Å². The quantitative estimate of drug-likeness (QED) is 0.557. The highest BCUT2D eigenvalue weighted by molar-refractivity contribution is 5.27. The number of rotatable bonds is 2. The number of hydrogen-bond acceptors (Lipinski definition) is 2. The predicted molar refractivity (Wildman–Crippen MR) is 39.5 cm³/mol. The number of nitrogens with one attached hydrogen (secondary N) is 2. The van der Waals surface area contributed by atoms with Gasteiger partial charge in [-0.3, -0.25) is 5.17 Å². The Bertz CT molecular complexity index is 188. The Labute approximate surface area is 59.8 Å². The van der Waals surface area contributed by atoms with E-state index in [4.69, 9.17) is 0 Å². The summed E-state index contributed by atoms with van der Waals surface area (Å²) in [5.41, 5.74) is 3.24. The maximum Gasteiger partial charge on any atom is 0.150 e. The fourth-order valence-electron chi connectivity index (χ4n) is 0.734. The summed E-state index contributed by atoms with van der Waals surface area (Å²) in [6.45, 7) is 0. The molecule has 0 saturated carbocycles. The molecule has 0 aliphatic carbocycles. The fourth-order valence-corrected chi connectivity index (χ4v) is 0.734. The van der Waals surface area contributed by atoms with Gasteiger partial charge in [0.1, 0.15) is 0 Å². The molecular formula is C7H10N2O. The first kappa shape index (κ1) is 7.21. The van der Waals surface area contributed by atoms with E-state index in [0.717, 1.165) is 0 Å². The summed E-state index contributed by atoms with van der Waals surface area (Å²) in [7, 11) is 1.62. The molecule has 1 atom stereocenters. The first-order valence-electron chi connectivity index (χ1n) is 3.11. The minimum absolute atomic E-state index is 0.0411. The first-order chi connectivity index (χ1) is 4.84. The van der Waals surface area contributed by atoms with Crippen LogP contribution in [0.15, 0.2) is 30.3 Å². The van der Waals surface area contributed by atoms with Crippen LogP contribution in [-0.2, 0) is 0 Å². The maximum absolute atomic E-state index is 10.9. The van der Waals surface area contributed by atoms with Crippen molar-refractivity contribution in [3.63, 3.8) is 0 Å². The summed E-state index contributed by atoms with van der Waals surface area (Å²) >= 11 is 0. The van der Waals surface area contributed by atoms with Crippen LogP contribution >= 0.6 is 0 Å².